The van der Waals surface area contributed by atoms with Crippen molar-refractivity contribution in [3.05, 3.63) is 59.1 Å². The second kappa shape index (κ2) is 5.55. The molecule has 20 heavy (non-hydrogen) atoms. The Balaban J connectivity index is 1.66. The van der Waals surface area contributed by atoms with Gasteiger partial charge in [0.2, 0.25) is 5.91 Å². The molecule has 2 N–H and O–H groups in total. The van der Waals surface area contributed by atoms with Crippen LogP contribution in [0.2, 0.25) is 5.02 Å². The Kier molecular flexibility index (Phi) is 3.61. The van der Waals surface area contributed by atoms with Gasteiger partial charge < -0.3 is 10.6 Å². The molecule has 1 aliphatic heterocycles. The number of carbonyl (C=O) groups is 1. The van der Waals surface area contributed by atoms with Gasteiger partial charge in [-0.2, -0.15) is 0 Å². The van der Waals surface area contributed by atoms with Crippen molar-refractivity contribution in [1.29, 1.82) is 0 Å². The van der Waals surface area contributed by atoms with Crippen LogP contribution in [-0.4, -0.2) is 12.5 Å². The number of hydrogen-bond acceptors (Lipinski definition) is 2. The normalized spacial score (nSPS) is 16.4. The van der Waals surface area contributed by atoms with Crippen molar-refractivity contribution in [2.45, 2.75) is 12.3 Å². The zero-order chi connectivity index (χ0) is 13.9. The van der Waals surface area contributed by atoms with Crippen LogP contribution in [0.25, 0.3) is 0 Å². The van der Waals surface area contributed by atoms with E-state index in [4.69, 9.17) is 11.6 Å². The van der Waals surface area contributed by atoms with Crippen LogP contribution >= 0.6 is 11.6 Å². The maximum absolute atomic E-state index is 12.1. The predicted octanol–water partition coefficient (Wildman–Crippen LogP) is 3.88. The van der Waals surface area contributed by atoms with Gasteiger partial charge in [-0.05, 0) is 29.8 Å². The van der Waals surface area contributed by atoms with E-state index in [-0.39, 0.29) is 11.8 Å². The average molecular weight is 287 g/mol. The minimum atomic E-state index is 0.00997. The van der Waals surface area contributed by atoms with Crippen LogP contribution in [0, 0.1) is 0 Å². The Bertz CT molecular complexity index is 642. The highest BCUT2D eigenvalue weighted by Gasteiger charge is 2.23. The zero-order valence-corrected chi connectivity index (χ0v) is 11.7. The fourth-order valence-electron chi connectivity index (χ4n) is 2.54. The maximum atomic E-state index is 12.1. The molecule has 102 valence electrons. The second-order valence-electron chi connectivity index (χ2n) is 4.93. The molecule has 2 aromatic rings. The van der Waals surface area contributed by atoms with Crippen molar-refractivity contribution in [2.24, 2.45) is 0 Å². The molecule has 3 nitrogen and oxygen atoms in total. The van der Waals surface area contributed by atoms with Crippen molar-refractivity contribution in [3.63, 3.8) is 0 Å². The molecule has 1 heterocycles. The van der Waals surface area contributed by atoms with Gasteiger partial charge in [-0.15, -0.1) is 0 Å². The predicted molar refractivity (Wildman–Crippen MR) is 82.4 cm³/mol. The van der Waals surface area contributed by atoms with Crippen molar-refractivity contribution in [2.75, 3.05) is 17.2 Å². The minimum Gasteiger partial charge on any atom is -0.384 e. The summed E-state index contributed by atoms with van der Waals surface area (Å²) >= 11 is 5.90. The van der Waals surface area contributed by atoms with Crippen LogP contribution in [0.1, 0.15) is 17.9 Å². The Hall–Kier alpha value is -2.00. The summed E-state index contributed by atoms with van der Waals surface area (Å²) in [6.07, 6.45) is 0.469. The van der Waals surface area contributed by atoms with E-state index in [9.17, 15) is 4.79 Å². The summed E-state index contributed by atoms with van der Waals surface area (Å²) < 4.78 is 0. The van der Waals surface area contributed by atoms with E-state index in [0.717, 1.165) is 17.9 Å². The first-order valence-electron chi connectivity index (χ1n) is 6.60. The van der Waals surface area contributed by atoms with Gasteiger partial charge in [0, 0.05) is 35.3 Å². The number of amides is 1. The highest BCUT2D eigenvalue weighted by molar-refractivity contribution is 6.30. The third-order valence-electron chi connectivity index (χ3n) is 3.48. The lowest BCUT2D eigenvalue weighted by atomic mass is 9.97. The van der Waals surface area contributed by atoms with Crippen molar-refractivity contribution in [1.82, 2.24) is 0 Å². The molecule has 1 unspecified atom stereocenters. The van der Waals surface area contributed by atoms with E-state index in [1.54, 1.807) is 12.1 Å². The summed E-state index contributed by atoms with van der Waals surface area (Å²) in [6.45, 7) is 0.808. The fourth-order valence-corrected chi connectivity index (χ4v) is 2.73. The lowest BCUT2D eigenvalue weighted by Crippen LogP contribution is -2.16. The first-order chi connectivity index (χ1) is 9.72. The van der Waals surface area contributed by atoms with Crippen molar-refractivity contribution < 1.29 is 4.79 Å². The first-order valence-corrected chi connectivity index (χ1v) is 6.98. The lowest BCUT2D eigenvalue weighted by Gasteiger charge is -2.10. The van der Waals surface area contributed by atoms with Gasteiger partial charge in [0.05, 0.1) is 0 Å². The third-order valence-corrected chi connectivity index (χ3v) is 3.71. The van der Waals surface area contributed by atoms with Gasteiger partial charge in [-0.25, -0.2) is 0 Å². The van der Waals surface area contributed by atoms with Crippen LogP contribution < -0.4 is 10.6 Å². The van der Waals surface area contributed by atoms with E-state index in [0.29, 0.717) is 11.4 Å². The topological polar surface area (TPSA) is 41.1 Å². The first kappa shape index (κ1) is 13.0. The molecule has 0 saturated carbocycles. The molecule has 1 aliphatic rings. The summed E-state index contributed by atoms with van der Waals surface area (Å²) in [7, 11) is 0. The largest absolute Gasteiger partial charge is 0.384 e. The van der Waals surface area contributed by atoms with Crippen LogP contribution in [-0.2, 0) is 4.79 Å². The van der Waals surface area contributed by atoms with E-state index in [1.807, 2.05) is 30.3 Å². The quantitative estimate of drug-likeness (QED) is 0.899. The molecule has 1 amide bonds. The van der Waals surface area contributed by atoms with Crippen LogP contribution in [0.5, 0.6) is 0 Å². The smallest absolute Gasteiger partial charge is 0.225 e. The summed E-state index contributed by atoms with van der Waals surface area (Å²) in [5.74, 6) is 0.237. The molecule has 0 aliphatic carbocycles. The van der Waals surface area contributed by atoms with E-state index >= 15 is 0 Å². The second-order valence-corrected chi connectivity index (χ2v) is 5.36. The number of nitrogens with one attached hydrogen (secondary N) is 2. The molecule has 0 fully saturated rings. The van der Waals surface area contributed by atoms with E-state index < -0.39 is 0 Å². The van der Waals surface area contributed by atoms with Gasteiger partial charge in [-0.1, -0.05) is 35.9 Å². The number of rotatable bonds is 3. The SMILES string of the molecule is O=C(CC1CNc2ccccc21)Nc1cccc(Cl)c1. The van der Waals surface area contributed by atoms with Gasteiger partial charge in [0.15, 0.2) is 0 Å². The molecule has 1 atom stereocenters. The highest BCUT2D eigenvalue weighted by Crippen LogP contribution is 2.33. The number of benzene rings is 2. The Morgan fingerprint density at radius 2 is 2.10 bits per heavy atom. The molecular weight excluding hydrogens is 272 g/mol. The molecule has 3 rings (SSSR count). The maximum Gasteiger partial charge on any atom is 0.225 e. The number of hydrogen-bond donors (Lipinski definition) is 2. The van der Waals surface area contributed by atoms with Gasteiger partial charge in [0.1, 0.15) is 0 Å². The number of halogens is 1. The fraction of sp³-hybridized carbons (Fsp3) is 0.188. The molecular formula is C16H15ClN2O. The van der Waals surface area contributed by atoms with E-state index in [2.05, 4.69) is 16.7 Å². The average Bonchev–Trinajstić information content (AvgIpc) is 2.82. The van der Waals surface area contributed by atoms with Gasteiger partial charge in [-0.3, -0.25) is 4.79 Å². The van der Waals surface area contributed by atoms with Crippen molar-refractivity contribution >= 4 is 28.9 Å². The molecule has 0 bridgehead atoms. The zero-order valence-electron chi connectivity index (χ0n) is 10.9. The Morgan fingerprint density at radius 1 is 1.25 bits per heavy atom. The minimum absolute atomic E-state index is 0.00997. The molecule has 0 aromatic heterocycles. The molecule has 2 aromatic carbocycles. The molecule has 0 radical (unpaired) electrons. The van der Waals surface area contributed by atoms with Crippen LogP contribution in [0.3, 0.4) is 0 Å². The Morgan fingerprint density at radius 3 is 2.95 bits per heavy atom. The van der Waals surface area contributed by atoms with E-state index in [1.165, 1.54) is 5.56 Å². The van der Waals surface area contributed by atoms with Gasteiger partial charge in [0.25, 0.3) is 0 Å². The lowest BCUT2D eigenvalue weighted by molar-refractivity contribution is -0.116. The number of para-hydroxylation sites is 1. The van der Waals surface area contributed by atoms with Gasteiger partial charge >= 0.3 is 0 Å². The molecule has 0 saturated heterocycles. The third kappa shape index (κ3) is 2.78. The standard InChI is InChI=1S/C16H15ClN2O/c17-12-4-3-5-13(9-12)19-16(20)8-11-10-18-15-7-2-1-6-14(11)15/h1-7,9,11,18H,8,10H2,(H,19,20). The summed E-state index contributed by atoms with van der Waals surface area (Å²) in [5, 5.41) is 6.84. The van der Waals surface area contributed by atoms with Crippen LogP contribution in [0.15, 0.2) is 48.5 Å². The molecule has 4 heteroatoms. The van der Waals surface area contributed by atoms with Crippen LogP contribution in [0.4, 0.5) is 11.4 Å². The highest BCUT2D eigenvalue weighted by atomic mass is 35.5. The summed E-state index contributed by atoms with van der Waals surface area (Å²) in [5.41, 5.74) is 3.09. The number of carbonyl (C=O) groups excluding carboxylic acids is 1. The summed E-state index contributed by atoms with van der Waals surface area (Å²) in [4.78, 5) is 12.1. The van der Waals surface area contributed by atoms with Crippen molar-refractivity contribution in [3.8, 4) is 0 Å². The Labute approximate surface area is 123 Å². The number of fused-ring (bicyclic) bond motifs is 1. The monoisotopic (exact) mass is 286 g/mol. The molecule has 0 spiro atoms. The number of anilines is 2. The summed E-state index contributed by atoms with van der Waals surface area (Å²) in [6, 6.07) is 15.3.